The average Bonchev–Trinajstić information content (AvgIpc) is 2.93. The smallest absolute Gasteiger partial charge is 0.113 e. The van der Waals surface area contributed by atoms with Crippen LogP contribution in [0.5, 0.6) is 0 Å². The number of aryl methyl sites for hydroxylation is 6. The highest BCUT2D eigenvalue weighted by molar-refractivity contribution is 5.74. The van der Waals surface area contributed by atoms with Crippen molar-refractivity contribution < 1.29 is 0 Å². The molecule has 1 aliphatic heterocycles. The lowest BCUT2D eigenvalue weighted by Crippen LogP contribution is -2.45. The Bertz CT molecular complexity index is 859. The van der Waals surface area contributed by atoms with Crippen molar-refractivity contribution >= 4 is 11.4 Å². The molecule has 0 fully saturated rings. The molecule has 162 valence electrons. The predicted molar refractivity (Wildman–Crippen MR) is 132 cm³/mol. The van der Waals surface area contributed by atoms with Gasteiger partial charge in [0.1, 0.15) is 6.17 Å². The van der Waals surface area contributed by atoms with Gasteiger partial charge in [0.15, 0.2) is 0 Å². The molecule has 0 unspecified atom stereocenters. The number of anilines is 2. The van der Waals surface area contributed by atoms with Crippen LogP contribution < -0.4 is 9.80 Å². The van der Waals surface area contributed by atoms with Crippen LogP contribution in [-0.2, 0) is 0 Å². The minimum Gasteiger partial charge on any atom is -0.321 e. The van der Waals surface area contributed by atoms with Crippen LogP contribution in [0.15, 0.2) is 35.7 Å². The normalized spacial score (nSPS) is 15.2. The van der Waals surface area contributed by atoms with Crippen molar-refractivity contribution in [3.8, 4) is 0 Å². The Morgan fingerprint density at radius 3 is 1.17 bits per heavy atom. The van der Waals surface area contributed by atoms with Crippen LogP contribution in [0.1, 0.15) is 73.9 Å². The van der Waals surface area contributed by atoms with Gasteiger partial charge in [0.2, 0.25) is 0 Å². The molecule has 2 aromatic carbocycles. The molecule has 0 radical (unpaired) electrons. The molecule has 0 bridgehead atoms. The first-order valence-electron chi connectivity index (χ1n) is 11.6. The van der Waals surface area contributed by atoms with Crippen LogP contribution in [-0.4, -0.2) is 6.17 Å². The highest BCUT2D eigenvalue weighted by atomic mass is 15.4. The Labute approximate surface area is 184 Å². The third-order valence-corrected chi connectivity index (χ3v) is 6.46. The van der Waals surface area contributed by atoms with E-state index in [1.54, 1.807) is 0 Å². The number of hydrogen-bond donors (Lipinski definition) is 0. The summed E-state index contributed by atoms with van der Waals surface area (Å²) in [6.45, 7) is 22.9. The summed E-state index contributed by atoms with van der Waals surface area (Å²) in [6, 6.07) is 9.35. The molecular weight excluding hydrogens is 364 g/mol. The second-order valence-corrected chi connectivity index (χ2v) is 9.49. The highest BCUT2D eigenvalue weighted by Crippen LogP contribution is 2.46. The van der Waals surface area contributed by atoms with E-state index >= 15 is 0 Å². The molecule has 3 rings (SSSR count). The summed E-state index contributed by atoms with van der Waals surface area (Å²) in [5.41, 5.74) is 13.9. The molecule has 0 spiro atoms. The summed E-state index contributed by atoms with van der Waals surface area (Å²) >= 11 is 0. The molecule has 0 atom stereocenters. The first-order chi connectivity index (χ1) is 14.1. The van der Waals surface area contributed by atoms with E-state index in [1.807, 2.05) is 0 Å². The van der Waals surface area contributed by atoms with Gasteiger partial charge in [-0.15, -0.1) is 0 Å². The van der Waals surface area contributed by atoms with Crippen LogP contribution >= 0.6 is 0 Å². The lowest BCUT2D eigenvalue weighted by Gasteiger charge is -2.40. The topological polar surface area (TPSA) is 6.48 Å². The van der Waals surface area contributed by atoms with E-state index in [9.17, 15) is 0 Å². The third kappa shape index (κ3) is 3.66. The Morgan fingerprint density at radius 2 is 0.933 bits per heavy atom. The molecule has 1 aliphatic rings. The van der Waals surface area contributed by atoms with Crippen molar-refractivity contribution in [2.75, 3.05) is 9.80 Å². The molecule has 30 heavy (non-hydrogen) atoms. The van der Waals surface area contributed by atoms with Gasteiger partial charge in [-0.05, 0) is 82.6 Å². The SMILES string of the molecule is CCC1=C(CC)N(c2c(C)cc(C)cc2C)C(C(C)C)N1c1c(C)cc(C)cc1C. The van der Waals surface area contributed by atoms with E-state index in [0.29, 0.717) is 5.92 Å². The van der Waals surface area contributed by atoms with Gasteiger partial charge in [-0.3, -0.25) is 0 Å². The number of benzene rings is 2. The summed E-state index contributed by atoms with van der Waals surface area (Å²) in [7, 11) is 0. The van der Waals surface area contributed by atoms with Crippen molar-refractivity contribution in [1.29, 1.82) is 0 Å². The molecule has 0 aliphatic carbocycles. The quantitative estimate of drug-likeness (QED) is 0.500. The van der Waals surface area contributed by atoms with Crippen LogP contribution in [0.3, 0.4) is 0 Å². The standard InChI is InChI=1S/C28H40N2/c1-11-24-25(12-2)30(27-22(9)15-19(6)16-23(27)10)28(17(3)4)29(24)26-20(7)13-18(5)14-21(26)8/h13-17,28H,11-12H2,1-10H3. The largest absolute Gasteiger partial charge is 0.321 e. The Kier molecular flexibility index (Phi) is 6.36. The minimum absolute atomic E-state index is 0.287. The molecule has 0 amide bonds. The average molecular weight is 405 g/mol. The lowest BCUT2D eigenvalue weighted by atomic mass is 9.99. The van der Waals surface area contributed by atoms with Gasteiger partial charge in [0.25, 0.3) is 0 Å². The Morgan fingerprint density at radius 1 is 0.633 bits per heavy atom. The Hall–Kier alpha value is -2.22. The number of hydrogen-bond acceptors (Lipinski definition) is 2. The fourth-order valence-electron chi connectivity index (χ4n) is 5.70. The zero-order valence-corrected chi connectivity index (χ0v) is 20.8. The molecular formula is C28H40N2. The lowest BCUT2D eigenvalue weighted by molar-refractivity contribution is 0.488. The van der Waals surface area contributed by atoms with E-state index in [2.05, 4.69) is 103 Å². The van der Waals surface area contributed by atoms with E-state index in [-0.39, 0.29) is 6.17 Å². The molecule has 1 heterocycles. The van der Waals surface area contributed by atoms with Gasteiger partial charge in [-0.2, -0.15) is 0 Å². The van der Waals surface area contributed by atoms with Gasteiger partial charge in [0, 0.05) is 22.8 Å². The number of allylic oxidation sites excluding steroid dienone is 2. The van der Waals surface area contributed by atoms with E-state index in [0.717, 1.165) is 12.8 Å². The maximum Gasteiger partial charge on any atom is 0.113 e. The van der Waals surface area contributed by atoms with Crippen molar-refractivity contribution in [2.45, 2.75) is 88.2 Å². The molecule has 0 saturated heterocycles. The predicted octanol–water partition coefficient (Wildman–Crippen LogP) is 7.88. The van der Waals surface area contributed by atoms with Gasteiger partial charge in [0.05, 0.1) is 0 Å². The fourth-order valence-corrected chi connectivity index (χ4v) is 5.70. The molecule has 0 N–H and O–H groups in total. The minimum atomic E-state index is 0.287. The molecule has 2 heteroatoms. The third-order valence-electron chi connectivity index (χ3n) is 6.46. The highest BCUT2D eigenvalue weighted by Gasteiger charge is 2.41. The maximum absolute atomic E-state index is 2.67. The summed E-state index contributed by atoms with van der Waals surface area (Å²) in [4.78, 5) is 5.35. The van der Waals surface area contributed by atoms with Gasteiger partial charge < -0.3 is 9.80 Å². The first kappa shape index (κ1) is 22.5. The van der Waals surface area contributed by atoms with Crippen LogP contribution in [0.25, 0.3) is 0 Å². The molecule has 2 nitrogen and oxygen atoms in total. The van der Waals surface area contributed by atoms with Crippen molar-refractivity contribution in [1.82, 2.24) is 0 Å². The number of rotatable bonds is 5. The molecule has 0 saturated carbocycles. The van der Waals surface area contributed by atoms with Crippen molar-refractivity contribution in [2.24, 2.45) is 5.92 Å². The second-order valence-electron chi connectivity index (χ2n) is 9.49. The molecule has 0 aromatic heterocycles. The van der Waals surface area contributed by atoms with Crippen LogP contribution in [0.2, 0.25) is 0 Å². The molecule has 2 aromatic rings. The maximum atomic E-state index is 2.67. The van der Waals surface area contributed by atoms with E-state index in [1.165, 1.54) is 56.1 Å². The van der Waals surface area contributed by atoms with Gasteiger partial charge >= 0.3 is 0 Å². The zero-order valence-electron chi connectivity index (χ0n) is 20.8. The van der Waals surface area contributed by atoms with Crippen molar-refractivity contribution in [3.05, 3.63) is 69.0 Å². The first-order valence-corrected chi connectivity index (χ1v) is 11.6. The van der Waals surface area contributed by atoms with Crippen molar-refractivity contribution in [3.63, 3.8) is 0 Å². The van der Waals surface area contributed by atoms with Crippen LogP contribution in [0, 0.1) is 47.5 Å². The Balaban J connectivity index is 2.32. The fraction of sp³-hybridized carbons (Fsp3) is 0.500. The van der Waals surface area contributed by atoms with E-state index in [4.69, 9.17) is 0 Å². The monoisotopic (exact) mass is 404 g/mol. The zero-order chi connectivity index (χ0) is 22.3. The van der Waals surface area contributed by atoms with E-state index < -0.39 is 0 Å². The summed E-state index contributed by atoms with van der Waals surface area (Å²) in [6.07, 6.45) is 2.37. The summed E-state index contributed by atoms with van der Waals surface area (Å²) in [5, 5.41) is 0. The van der Waals surface area contributed by atoms with Crippen LogP contribution in [0.4, 0.5) is 11.4 Å². The second kappa shape index (κ2) is 8.49. The summed E-state index contributed by atoms with van der Waals surface area (Å²) in [5.74, 6) is 0.482. The summed E-state index contributed by atoms with van der Waals surface area (Å²) < 4.78 is 0. The number of nitrogens with zero attached hydrogens (tertiary/aromatic N) is 2. The van der Waals surface area contributed by atoms with Gasteiger partial charge in [-0.1, -0.05) is 63.1 Å². The van der Waals surface area contributed by atoms with Gasteiger partial charge in [-0.25, -0.2) is 0 Å².